The lowest BCUT2D eigenvalue weighted by Crippen LogP contribution is -2.23. The lowest BCUT2D eigenvalue weighted by Gasteiger charge is -2.18. The summed E-state index contributed by atoms with van der Waals surface area (Å²) in [4.78, 5) is 22.6. The topological polar surface area (TPSA) is 78.6 Å². The molecule has 0 aliphatic heterocycles. The molecule has 1 rings (SSSR count). The predicted octanol–water partition coefficient (Wildman–Crippen LogP) is 2.93. The van der Waals surface area contributed by atoms with Crippen molar-refractivity contribution in [2.24, 2.45) is 5.73 Å². The van der Waals surface area contributed by atoms with E-state index in [1.165, 1.54) is 0 Å². The van der Waals surface area contributed by atoms with Gasteiger partial charge in [-0.3, -0.25) is 4.79 Å². The molecule has 0 atom stereocenters. The van der Waals surface area contributed by atoms with E-state index in [-0.39, 0.29) is 18.4 Å². The Bertz CT molecular complexity index is 468. The first-order valence-corrected chi connectivity index (χ1v) is 6.62. The third kappa shape index (κ3) is 4.06. The first-order valence-electron chi connectivity index (χ1n) is 6.62. The fourth-order valence-electron chi connectivity index (χ4n) is 1.84. The summed E-state index contributed by atoms with van der Waals surface area (Å²) in [5.74, 6) is 0.0128. The molecule has 0 aliphatic carbocycles. The number of benzene rings is 1. The number of carbonyl (C=O) groups is 2. The smallest absolute Gasteiger partial charge is 0.394 e. The Morgan fingerprint density at radius 1 is 1.10 bits per heavy atom. The van der Waals surface area contributed by atoms with Crippen LogP contribution < -0.4 is 10.5 Å². The highest BCUT2D eigenvalue weighted by molar-refractivity contribution is 5.84. The van der Waals surface area contributed by atoms with Gasteiger partial charge in [0.05, 0.1) is 6.54 Å². The summed E-state index contributed by atoms with van der Waals surface area (Å²) >= 11 is 0. The molecule has 0 unspecified atom stereocenters. The molecule has 0 saturated carbocycles. The van der Waals surface area contributed by atoms with Crippen LogP contribution in [-0.2, 0) is 9.53 Å². The van der Waals surface area contributed by atoms with E-state index in [9.17, 15) is 9.59 Å². The molecule has 2 N–H and O–H groups in total. The molecule has 0 bridgehead atoms. The molecule has 5 heteroatoms. The second kappa shape index (κ2) is 7.05. The molecule has 0 aromatic heterocycles. The highest BCUT2D eigenvalue weighted by atomic mass is 16.7. The van der Waals surface area contributed by atoms with Crippen LogP contribution in [0.5, 0.6) is 5.75 Å². The van der Waals surface area contributed by atoms with Crippen molar-refractivity contribution in [3.8, 4) is 5.75 Å². The maximum Gasteiger partial charge on any atom is 0.521 e. The molecule has 20 heavy (non-hydrogen) atoms. The monoisotopic (exact) mass is 279 g/mol. The van der Waals surface area contributed by atoms with E-state index >= 15 is 0 Å². The fraction of sp³-hybridized carbons (Fsp3) is 0.467. The highest BCUT2D eigenvalue weighted by Crippen LogP contribution is 2.34. The van der Waals surface area contributed by atoms with E-state index in [0.717, 1.165) is 11.1 Å². The van der Waals surface area contributed by atoms with Gasteiger partial charge in [0.15, 0.2) is 0 Å². The average molecular weight is 279 g/mol. The van der Waals surface area contributed by atoms with Gasteiger partial charge in [0.1, 0.15) is 5.75 Å². The normalized spacial score (nSPS) is 10.8. The number of hydrogen-bond donors (Lipinski definition) is 1. The molecule has 0 fully saturated rings. The molecular formula is C15H21NO4. The highest BCUT2D eigenvalue weighted by Gasteiger charge is 2.20. The maximum absolute atomic E-state index is 11.6. The van der Waals surface area contributed by atoms with E-state index in [2.05, 4.69) is 4.74 Å². The van der Waals surface area contributed by atoms with Gasteiger partial charge in [-0.15, -0.1) is 0 Å². The molecule has 5 nitrogen and oxygen atoms in total. The lowest BCUT2D eigenvalue weighted by molar-refractivity contribution is -0.137. The van der Waals surface area contributed by atoms with Gasteiger partial charge in [-0.2, -0.15) is 0 Å². The van der Waals surface area contributed by atoms with Gasteiger partial charge in [0.2, 0.25) is 0 Å². The van der Waals surface area contributed by atoms with E-state index in [0.29, 0.717) is 5.75 Å². The second-order valence-corrected chi connectivity index (χ2v) is 5.11. The number of nitrogens with two attached hydrogens (primary N) is 1. The molecule has 110 valence electrons. The van der Waals surface area contributed by atoms with Crippen molar-refractivity contribution < 1.29 is 19.1 Å². The number of hydrogen-bond acceptors (Lipinski definition) is 5. The summed E-state index contributed by atoms with van der Waals surface area (Å²) in [6.45, 7) is 7.65. The zero-order valence-electron chi connectivity index (χ0n) is 12.3. The number of carbonyl (C=O) groups excluding carboxylic acids is 2. The van der Waals surface area contributed by atoms with Crippen LogP contribution in [0, 0.1) is 0 Å². The molecule has 0 aliphatic rings. The zero-order valence-corrected chi connectivity index (χ0v) is 12.3. The molecule has 0 radical (unpaired) electrons. The second-order valence-electron chi connectivity index (χ2n) is 5.11. The minimum Gasteiger partial charge on any atom is -0.394 e. The predicted molar refractivity (Wildman–Crippen MR) is 75.8 cm³/mol. The van der Waals surface area contributed by atoms with E-state index in [1.54, 1.807) is 0 Å². The Morgan fingerprint density at radius 2 is 1.60 bits per heavy atom. The van der Waals surface area contributed by atoms with Crippen LogP contribution in [0.25, 0.3) is 0 Å². The van der Waals surface area contributed by atoms with Crippen molar-refractivity contribution in [3.63, 3.8) is 0 Å². The molecule has 0 saturated heterocycles. The molecule has 1 aromatic carbocycles. The van der Waals surface area contributed by atoms with Gasteiger partial charge < -0.3 is 15.2 Å². The van der Waals surface area contributed by atoms with Crippen LogP contribution in [0.1, 0.15) is 50.7 Å². The number of ether oxygens (including phenoxy) is 2. The maximum atomic E-state index is 11.6. The van der Waals surface area contributed by atoms with Crippen molar-refractivity contribution in [2.75, 3.05) is 6.54 Å². The minimum absolute atomic E-state index is 0.182. The summed E-state index contributed by atoms with van der Waals surface area (Å²) in [6.07, 6.45) is -1.05. The van der Waals surface area contributed by atoms with E-state index < -0.39 is 12.1 Å². The summed E-state index contributed by atoms with van der Waals surface area (Å²) in [5.41, 5.74) is 6.88. The molecular weight excluding hydrogens is 258 g/mol. The number of esters is 1. The van der Waals surface area contributed by atoms with Crippen LogP contribution in [0.2, 0.25) is 0 Å². The fourth-order valence-corrected chi connectivity index (χ4v) is 1.84. The Labute approximate surface area is 119 Å². The van der Waals surface area contributed by atoms with Crippen molar-refractivity contribution >= 4 is 12.1 Å². The summed E-state index contributed by atoms with van der Waals surface area (Å²) in [5, 5.41) is 0. The van der Waals surface area contributed by atoms with Crippen molar-refractivity contribution in [2.45, 2.75) is 39.5 Å². The number of para-hydroxylation sites is 1. The van der Waals surface area contributed by atoms with Crippen molar-refractivity contribution in [3.05, 3.63) is 29.3 Å². The summed E-state index contributed by atoms with van der Waals surface area (Å²) in [7, 11) is 0. The Morgan fingerprint density at radius 3 is 2.00 bits per heavy atom. The van der Waals surface area contributed by atoms with Crippen LogP contribution in [0.15, 0.2) is 18.2 Å². The number of rotatable bonds is 4. The Balaban J connectivity index is 3.07. The van der Waals surface area contributed by atoms with E-state index in [4.69, 9.17) is 10.5 Å². The molecule has 1 aromatic rings. The van der Waals surface area contributed by atoms with Gasteiger partial charge in [0, 0.05) is 0 Å². The molecule has 0 spiro atoms. The minimum atomic E-state index is -1.05. The van der Waals surface area contributed by atoms with Crippen LogP contribution in [0.3, 0.4) is 0 Å². The van der Waals surface area contributed by atoms with Gasteiger partial charge in [-0.25, -0.2) is 4.79 Å². The lowest BCUT2D eigenvalue weighted by atomic mass is 9.94. The van der Waals surface area contributed by atoms with Crippen LogP contribution in [-0.4, -0.2) is 18.7 Å². The summed E-state index contributed by atoms with van der Waals surface area (Å²) in [6, 6.07) is 5.71. The van der Waals surface area contributed by atoms with Gasteiger partial charge >= 0.3 is 12.1 Å². The van der Waals surface area contributed by atoms with Gasteiger partial charge in [-0.1, -0.05) is 45.9 Å². The SMILES string of the molecule is CC(C)c1cccc(C(C)C)c1OC(=O)OC(=O)CN. The molecule has 0 heterocycles. The van der Waals surface area contributed by atoms with E-state index in [1.807, 2.05) is 45.9 Å². The van der Waals surface area contributed by atoms with Crippen molar-refractivity contribution in [1.29, 1.82) is 0 Å². The van der Waals surface area contributed by atoms with Gasteiger partial charge in [0.25, 0.3) is 0 Å². The summed E-state index contributed by atoms with van der Waals surface area (Å²) < 4.78 is 9.68. The third-order valence-electron chi connectivity index (χ3n) is 2.87. The average Bonchev–Trinajstić information content (AvgIpc) is 2.37. The molecule has 0 amide bonds. The Hall–Kier alpha value is -1.88. The van der Waals surface area contributed by atoms with Gasteiger partial charge in [-0.05, 0) is 23.0 Å². The van der Waals surface area contributed by atoms with Crippen LogP contribution in [0.4, 0.5) is 4.79 Å². The first kappa shape index (κ1) is 16.2. The zero-order chi connectivity index (χ0) is 15.3. The van der Waals surface area contributed by atoms with Crippen molar-refractivity contribution in [1.82, 2.24) is 0 Å². The Kier molecular flexibility index (Phi) is 5.70. The largest absolute Gasteiger partial charge is 0.521 e. The first-order chi connectivity index (χ1) is 9.36. The van der Waals surface area contributed by atoms with Crippen LogP contribution >= 0.6 is 0 Å². The standard InChI is InChI=1S/C15H21NO4/c1-9(2)11-6-5-7-12(10(3)4)14(11)20-15(18)19-13(17)8-16/h5-7,9-10H,8,16H2,1-4H3. The third-order valence-corrected chi connectivity index (χ3v) is 2.87. The quantitative estimate of drug-likeness (QED) is 0.521.